The van der Waals surface area contributed by atoms with Gasteiger partial charge in [-0.05, 0) is 30.3 Å². The molecule has 0 unspecified atom stereocenters. The molecule has 2 aromatic carbocycles. The number of aromatic hydroxyl groups is 4. The van der Waals surface area contributed by atoms with E-state index < -0.39 is 16.9 Å². The molecule has 2 heterocycles. The highest BCUT2D eigenvalue weighted by Gasteiger charge is 2.22. The van der Waals surface area contributed by atoms with E-state index in [9.17, 15) is 25.2 Å². The van der Waals surface area contributed by atoms with E-state index >= 15 is 0 Å². The Bertz CT molecular complexity index is 1210. The van der Waals surface area contributed by atoms with Crippen LogP contribution < -0.4 is 10.3 Å². The summed E-state index contributed by atoms with van der Waals surface area (Å²) in [6, 6.07) is 9.42. The maximum atomic E-state index is 13.0. The first-order valence-corrected chi connectivity index (χ1v) is 7.80. The number of nitrogens with zero attached hydrogens (tertiary/aromatic N) is 1. The van der Waals surface area contributed by atoms with Crippen molar-refractivity contribution in [2.75, 3.05) is 0 Å². The third-order valence-electron chi connectivity index (χ3n) is 3.93. The molecule has 2 aromatic heterocycles. The number of hydrogen-bond donors (Lipinski definition) is 4. The van der Waals surface area contributed by atoms with Gasteiger partial charge in [-0.15, -0.1) is 0 Å². The SMILES string of the molecule is O=c1c(On2cccc2)c(-c2ccc(O)c(O)c2)oc2cc(O)cc(O)c12. The monoisotopic (exact) mass is 367 g/mol. The lowest BCUT2D eigenvalue weighted by molar-refractivity contribution is 0.211. The molecule has 0 spiro atoms. The van der Waals surface area contributed by atoms with Crippen molar-refractivity contribution >= 4 is 11.0 Å². The predicted molar refractivity (Wildman–Crippen MR) is 95.0 cm³/mol. The van der Waals surface area contributed by atoms with Gasteiger partial charge in [0, 0.05) is 30.1 Å². The standard InChI is InChI=1S/C19H13NO7/c21-11-8-14(24)16-15(9-11)26-18(10-3-4-12(22)13(23)7-10)19(17(16)25)27-20-5-1-2-6-20/h1-9,21-24H. The van der Waals surface area contributed by atoms with Gasteiger partial charge in [-0.3, -0.25) is 4.79 Å². The van der Waals surface area contributed by atoms with Crippen LogP contribution >= 0.6 is 0 Å². The average molecular weight is 367 g/mol. The van der Waals surface area contributed by atoms with E-state index in [2.05, 4.69) is 0 Å². The van der Waals surface area contributed by atoms with E-state index in [-0.39, 0.29) is 39.5 Å². The van der Waals surface area contributed by atoms with Crippen molar-refractivity contribution in [1.29, 1.82) is 0 Å². The Morgan fingerprint density at radius 1 is 0.889 bits per heavy atom. The van der Waals surface area contributed by atoms with Crippen LogP contribution in [-0.2, 0) is 0 Å². The fraction of sp³-hybridized carbons (Fsp3) is 0. The van der Waals surface area contributed by atoms with Crippen LogP contribution in [0.3, 0.4) is 0 Å². The molecule has 0 amide bonds. The molecule has 0 fully saturated rings. The minimum atomic E-state index is -0.676. The van der Waals surface area contributed by atoms with Gasteiger partial charge < -0.3 is 29.7 Å². The van der Waals surface area contributed by atoms with Crippen LogP contribution in [0.1, 0.15) is 0 Å². The highest BCUT2D eigenvalue weighted by atomic mass is 16.7. The molecule has 136 valence electrons. The van der Waals surface area contributed by atoms with Gasteiger partial charge in [-0.1, -0.05) is 0 Å². The topological polar surface area (TPSA) is 125 Å². The zero-order valence-corrected chi connectivity index (χ0v) is 13.7. The van der Waals surface area contributed by atoms with E-state index in [1.54, 1.807) is 24.5 Å². The molecule has 4 aromatic rings. The molecule has 27 heavy (non-hydrogen) atoms. The number of phenolic OH excluding ortho intramolecular Hbond substituents is 4. The molecule has 8 heteroatoms. The summed E-state index contributed by atoms with van der Waals surface area (Å²) in [6.07, 6.45) is 3.11. The molecule has 0 saturated carbocycles. The summed E-state index contributed by atoms with van der Waals surface area (Å²) in [7, 11) is 0. The first kappa shape index (κ1) is 16.4. The molecule has 0 bridgehead atoms. The molecule has 0 saturated heterocycles. The normalized spacial score (nSPS) is 11.0. The summed E-state index contributed by atoms with van der Waals surface area (Å²) in [5.41, 5.74) is -0.501. The van der Waals surface area contributed by atoms with Crippen molar-refractivity contribution in [3.05, 3.63) is 65.1 Å². The molecular weight excluding hydrogens is 354 g/mol. The van der Waals surface area contributed by atoms with E-state index in [1.165, 1.54) is 29.0 Å². The highest BCUT2D eigenvalue weighted by molar-refractivity contribution is 5.88. The molecule has 4 N–H and O–H groups in total. The van der Waals surface area contributed by atoms with Gasteiger partial charge in [-0.2, -0.15) is 4.73 Å². The van der Waals surface area contributed by atoms with Gasteiger partial charge in [0.05, 0.1) is 0 Å². The highest BCUT2D eigenvalue weighted by Crippen LogP contribution is 2.38. The van der Waals surface area contributed by atoms with Crippen LogP contribution in [0.4, 0.5) is 0 Å². The van der Waals surface area contributed by atoms with Gasteiger partial charge in [0.15, 0.2) is 17.3 Å². The quantitative estimate of drug-likeness (QED) is 0.410. The van der Waals surface area contributed by atoms with E-state index in [4.69, 9.17) is 9.25 Å². The summed E-state index contributed by atoms with van der Waals surface area (Å²) in [4.78, 5) is 18.6. The number of phenols is 4. The van der Waals surface area contributed by atoms with E-state index in [1.807, 2.05) is 0 Å². The van der Waals surface area contributed by atoms with Crippen molar-refractivity contribution in [3.8, 4) is 40.1 Å². The zero-order chi connectivity index (χ0) is 19.1. The Labute approximate surface area is 151 Å². The van der Waals surface area contributed by atoms with Crippen molar-refractivity contribution in [2.24, 2.45) is 0 Å². The zero-order valence-electron chi connectivity index (χ0n) is 13.7. The van der Waals surface area contributed by atoms with E-state index in [0.717, 1.165) is 6.07 Å². The van der Waals surface area contributed by atoms with Crippen LogP contribution in [0.15, 0.2) is 64.1 Å². The molecule has 8 nitrogen and oxygen atoms in total. The van der Waals surface area contributed by atoms with E-state index in [0.29, 0.717) is 0 Å². The lowest BCUT2D eigenvalue weighted by Gasteiger charge is -2.12. The summed E-state index contributed by atoms with van der Waals surface area (Å²) in [5, 5.41) is 38.9. The Morgan fingerprint density at radius 3 is 2.33 bits per heavy atom. The fourth-order valence-corrected chi connectivity index (χ4v) is 2.69. The number of hydrogen-bond acceptors (Lipinski definition) is 7. The van der Waals surface area contributed by atoms with Crippen LogP contribution in [0.25, 0.3) is 22.3 Å². The van der Waals surface area contributed by atoms with Crippen molar-refractivity contribution < 1.29 is 29.7 Å². The second-order valence-corrected chi connectivity index (χ2v) is 5.77. The Hall–Kier alpha value is -4.07. The minimum absolute atomic E-state index is 0.0542. The first-order chi connectivity index (χ1) is 12.9. The molecule has 0 atom stereocenters. The largest absolute Gasteiger partial charge is 0.508 e. The van der Waals surface area contributed by atoms with Gasteiger partial charge in [0.2, 0.25) is 11.2 Å². The Morgan fingerprint density at radius 2 is 1.63 bits per heavy atom. The number of aromatic nitrogens is 1. The van der Waals surface area contributed by atoms with Crippen LogP contribution in [0.2, 0.25) is 0 Å². The molecule has 0 aliphatic heterocycles. The fourth-order valence-electron chi connectivity index (χ4n) is 2.69. The molecule has 0 aliphatic carbocycles. The van der Waals surface area contributed by atoms with Crippen molar-refractivity contribution in [3.63, 3.8) is 0 Å². The Balaban J connectivity index is 2.05. The maximum absolute atomic E-state index is 13.0. The minimum Gasteiger partial charge on any atom is -0.508 e. The smallest absolute Gasteiger partial charge is 0.246 e. The van der Waals surface area contributed by atoms with Crippen molar-refractivity contribution in [1.82, 2.24) is 4.73 Å². The first-order valence-electron chi connectivity index (χ1n) is 7.80. The van der Waals surface area contributed by atoms with Gasteiger partial charge in [-0.25, -0.2) is 0 Å². The third-order valence-corrected chi connectivity index (χ3v) is 3.93. The number of fused-ring (bicyclic) bond motifs is 1. The van der Waals surface area contributed by atoms with Crippen LogP contribution in [-0.4, -0.2) is 25.2 Å². The molecule has 0 radical (unpaired) electrons. The van der Waals surface area contributed by atoms with Crippen molar-refractivity contribution in [2.45, 2.75) is 0 Å². The van der Waals surface area contributed by atoms with Crippen LogP contribution in [0.5, 0.6) is 28.7 Å². The lowest BCUT2D eigenvalue weighted by Crippen LogP contribution is -2.13. The second kappa shape index (κ2) is 6.03. The molecule has 0 aliphatic rings. The van der Waals surface area contributed by atoms with Gasteiger partial charge in [0.25, 0.3) is 0 Å². The Kier molecular flexibility index (Phi) is 3.66. The molecule has 4 rings (SSSR count). The summed E-state index contributed by atoms with van der Waals surface area (Å²) >= 11 is 0. The number of benzene rings is 2. The van der Waals surface area contributed by atoms with Gasteiger partial charge >= 0.3 is 0 Å². The summed E-state index contributed by atoms with van der Waals surface area (Å²) in [5.74, 6) is -1.81. The third kappa shape index (κ3) is 2.78. The summed E-state index contributed by atoms with van der Waals surface area (Å²) < 4.78 is 6.98. The van der Waals surface area contributed by atoms with Crippen LogP contribution in [0, 0.1) is 0 Å². The molecular formula is C19H13NO7. The maximum Gasteiger partial charge on any atom is 0.246 e. The second-order valence-electron chi connectivity index (χ2n) is 5.77. The predicted octanol–water partition coefficient (Wildman–Crippen LogP) is 2.93. The summed E-state index contributed by atoms with van der Waals surface area (Å²) in [6.45, 7) is 0. The van der Waals surface area contributed by atoms with Gasteiger partial charge in [0.1, 0.15) is 22.5 Å². The number of rotatable bonds is 3. The lowest BCUT2D eigenvalue weighted by atomic mass is 10.1. The average Bonchev–Trinajstić information content (AvgIpc) is 3.12.